The van der Waals surface area contributed by atoms with Crippen LogP contribution in [0.2, 0.25) is 0 Å². The zero-order valence-electron chi connectivity index (χ0n) is 17.3. The summed E-state index contributed by atoms with van der Waals surface area (Å²) in [6.07, 6.45) is 0. The molecule has 1 heterocycles. The van der Waals surface area contributed by atoms with E-state index in [0.29, 0.717) is 44.9 Å². The van der Waals surface area contributed by atoms with Crippen molar-refractivity contribution in [3.8, 4) is 28.4 Å². The van der Waals surface area contributed by atoms with Gasteiger partial charge in [0.1, 0.15) is 11.3 Å². The number of rotatable bonds is 5. The van der Waals surface area contributed by atoms with Crippen LogP contribution >= 0.6 is 0 Å². The van der Waals surface area contributed by atoms with Crippen molar-refractivity contribution in [2.75, 3.05) is 14.2 Å². The first kappa shape index (κ1) is 20.2. The molecule has 0 aliphatic heterocycles. The number of carbonyl (C=O) groups is 1. The van der Waals surface area contributed by atoms with Gasteiger partial charge in [-0.15, -0.1) is 0 Å². The van der Waals surface area contributed by atoms with Crippen molar-refractivity contribution in [2.45, 2.75) is 6.92 Å². The van der Waals surface area contributed by atoms with E-state index in [1.54, 1.807) is 55.6 Å². The summed E-state index contributed by atoms with van der Waals surface area (Å²) in [5.41, 5.74) is 2.33. The Morgan fingerprint density at radius 3 is 2.29 bits per heavy atom. The van der Waals surface area contributed by atoms with Crippen LogP contribution in [0.5, 0.6) is 17.2 Å². The number of hydrogen-bond acceptors (Lipinski definition) is 6. The number of hydrogen-bond donors (Lipinski definition) is 0. The summed E-state index contributed by atoms with van der Waals surface area (Å²) in [5, 5.41) is 0.694. The van der Waals surface area contributed by atoms with Gasteiger partial charge in [0.15, 0.2) is 11.5 Å². The lowest BCUT2D eigenvalue weighted by molar-refractivity contribution is 0.0735. The maximum atomic E-state index is 12.6. The monoisotopic (exact) mass is 416 g/mol. The molecule has 0 N–H and O–H groups in total. The molecule has 3 aromatic carbocycles. The van der Waals surface area contributed by atoms with Gasteiger partial charge < -0.3 is 18.6 Å². The molecule has 6 heteroatoms. The highest BCUT2D eigenvalue weighted by atomic mass is 16.5. The van der Waals surface area contributed by atoms with E-state index in [2.05, 4.69) is 0 Å². The summed E-state index contributed by atoms with van der Waals surface area (Å²) in [6, 6.07) is 18.9. The summed E-state index contributed by atoms with van der Waals surface area (Å²) >= 11 is 0. The Morgan fingerprint density at radius 1 is 0.839 bits per heavy atom. The largest absolute Gasteiger partial charge is 0.493 e. The fourth-order valence-corrected chi connectivity index (χ4v) is 3.22. The van der Waals surface area contributed by atoms with Crippen LogP contribution in [0.1, 0.15) is 15.9 Å². The van der Waals surface area contributed by atoms with Crippen LogP contribution in [0.3, 0.4) is 0 Å². The average molecular weight is 416 g/mol. The summed E-state index contributed by atoms with van der Waals surface area (Å²) in [7, 11) is 3.08. The fraction of sp³-hybridized carbons (Fsp3) is 0.120. The van der Waals surface area contributed by atoms with Gasteiger partial charge in [-0.2, -0.15) is 0 Å². The first-order valence-electron chi connectivity index (χ1n) is 9.57. The molecule has 4 aromatic rings. The van der Waals surface area contributed by atoms with E-state index in [9.17, 15) is 9.59 Å². The molecule has 0 fully saturated rings. The van der Waals surface area contributed by atoms with Gasteiger partial charge in [0.05, 0.1) is 25.3 Å². The van der Waals surface area contributed by atoms with Crippen molar-refractivity contribution in [1.82, 2.24) is 0 Å². The standard InChI is InChI=1S/C25H20O6/c1-15-4-6-16(7-5-15)24(26)30-19-10-8-18-12-20(25(27)31-22(18)14-19)17-9-11-21(28-2)23(13-17)29-3/h4-14H,1-3H3. The van der Waals surface area contributed by atoms with E-state index in [1.165, 1.54) is 13.2 Å². The first-order chi connectivity index (χ1) is 15.0. The third-order valence-electron chi connectivity index (χ3n) is 4.90. The highest BCUT2D eigenvalue weighted by Crippen LogP contribution is 2.32. The predicted molar refractivity (Wildman–Crippen MR) is 117 cm³/mol. The van der Waals surface area contributed by atoms with Crippen LogP contribution in [0, 0.1) is 6.92 Å². The van der Waals surface area contributed by atoms with Crippen molar-refractivity contribution in [3.05, 3.63) is 88.3 Å². The van der Waals surface area contributed by atoms with Crippen molar-refractivity contribution in [1.29, 1.82) is 0 Å². The van der Waals surface area contributed by atoms with Crippen molar-refractivity contribution in [2.24, 2.45) is 0 Å². The normalized spacial score (nSPS) is 10.7. The molecule has 0 radical (unpaired) electrons. The number of esters is 1. The van der Waals surface area contributed by atoms with E-state index in [4.69, 9.17) is 18.6 Å². The van der Waals surface area contributed by atoms with Gasteiger partial charge in [0.2, 0.25) is 0 Å². The lowest BCUT2D eigenvalue weighted by Gasteiger charge is -2.10. The molecule has 0 saturated heterocycles. The Labute approximate surface area is 178 Å². The molecule has 0 unspecified atom stereocenters. The maximum Gasteiger partial charge on any atom is 0.344 e. The summed E-state index contributed by atoms with van der Waals surface area (Å²) in [6.45, 7) is 1.94. The third kappa shape index (κ3) is 4.14. The van der Waals surface area contributed by atoms with Crippen molar-refractivity contribution < 1.29 is 23.4 Å². The minimum Gasteiger partial charge on any atom is -0.493 e. The van der Waals surface area contributed by atoms with Crippen molar-refractivity contribution in [3.63, 3.8) is 0 Å². The zero-order valence-corrected chi connectivity index (χ0v) is 17.3. The first-order valence-corrected chi connectivity index (χ1v) is 9.57. The summed E-state index contributed by atoms with van der Waals surface area (Å²) < 4.78 is 21.5. The number of carbonyl (C=O) groups excluding carboxylic acids is 1. The predicted octanol–water partition coefficient (Wildman–Crippen LogP) is 5.00. The maximum absolute atomic E-state index is 12.6. The molecular formula is C25H20O6. The molecule has 4 rings (SSSR count). The zero-order chi connectivity index (χ0) is 22.0. The van der Waals surface area contributed by atoms with E-state index in [0.717, 1.165) is 5.56 Å². The molecule has 156 valence electrons. The lowest BCUT2D eigenvalue weighted by atomic mass is 10.1. The lowest BCUT2D eigenvalue weighted by Crippen LogP contribution is -2.08. The van der Waals surface area contributed by atoms with Crippen LogP contribution in [-0.4, -0.2) is 20.2 Å². The van der Waals surface area contributed by atoms with Gasteiger partial charge in [0, 0.05) is 11.5 Å². The van der Waals surface area contributed by atoms with Gasteiger partial charge in [-0.05, 0) is 55.0 Å². The smallest absolute Gasteiger partial charge is 0.344 e. The van der Waals surface area contributed by atoms with Gasteiger partial charge >= 0.3 is 11.6 Å². The number of aryl methyl sites for hydroxylation is 1. The van der Waals surface area contributed by atoms with E-state index >= 15 is 0 Å². The average Bonchev–Trinajstić information content (AvgIpc) is 2.78. The Kier molecular flexibility index (Phi) is 5.45. The summed E-state index contributed by atoms with van der Waals surface area (Å²) in [5.74, 6) is 0.887. The quantitative estimate of drug-likeness (QED) is 0.259. The SMILES string of the molecule is COc1ccc(-c2cc3ccc(OC(=O)c4ccc(C)cc4)cc3oc2=O)cc1OC. The Balaban J connectivity index is 1.66. The number of ether oxygens (including phenoxy) is 3. The Morgan fingerprint density at radius 2 is 1.58 bits per heavy atom. The second-order valence-electron chi connectivity index (χ2n) is 6.97. The van der Waals surface area contributed by atoms with Crippen LogP contribution in [-0.2, 0) is 0 Å². The van der Waals surface area contributed by atoms with E-state index in [1.807, 2.05) is 19.1 Å². The van der Waals surface area contributed by atoms with Gasteiger partial charge in [0.25, 0.3) is 0 Å². The molecule has 0 spiro atoms. The highest BCUT2D eigenvalue weighted by Gasteiger charge is 2.13. The van der Waals surface area contributed by atoms with Crippen LogP contribution in [0.15, 0.2) is 75.9 Å². The Bertz CT molecular complexity index is 1320. The highest BCUT2D eigenvalue weighted by molar-refractivity contribution is 5.92. The van der Waals surface area contributed by atoms with Crippen molar-refractivity contribution >= 4 is 16.9 Å². The number of benzene rings is 3. The second kappa shape index (κ2) is 8.36. The molecule has 0 aliphatic carbocycles. The molecule has 0 bridgehead atoms. The van der Waals surface area contributed by atoms with Crippen LogP contribution < -0.4 is 19.8 Å². The third-order valence-corrected chi connectivity index (χ3v) is 4.90. The minimum atomic E-state index is -0.512. The number of fused-ring (bicyclic) bond motifs is 1. The van der Waals surface area contributed by atoms with Crippen LogP contribution in [0.25, 0.3) is 22.1 Å². The fourth-order valence-electron chi connectivity index (χ4n) is 3.22. The molecule has 0 amide bonds. The molecule has 1 aromatic heterocycles. The van der Waals surface area contributed by atoms with Gasteiger partial charge in [-0.1, -0.05) is 23.8 Å². The molecule has 31 heavy (non-hydrogen) atoms. The van der Waals surface area contributed by atoms with Crippen LogP contribution in [0.4, 0.5) is 0 Å². The second-order valence-corrected chi connectivity index (χ2v) is 6.97. The van der Waals surface area contributed by atoms with E-state index < -0.39 is 11.6 Å². The van der Waals surface area contributed by atoms with Gasteiger partial charge in [-0.25, -0.2) is 9.59 Å². The topological polar surface area (TPSA) is 75.0 Å². The van der Waals surface area contributed by atoms with E-state index in [-0.39, 0.29) is 0 Å². The summed E-state index contributed by atoms with van der Waals surface area (Å²) in [4.78, 5) is 25.0. The molecule has 0 saturated carbocycles. The molecular weight excluding hydrogens is 396 g/mol. The van der Waals surface area contributed by atoms with Gasteiger partial charge in [-0.3, -0.25) is 0 Å². The minimum absolute atomic E-state index is 0.292. The Hall–Kier alpha value is -4.06. The molecule has 0 atom stereocenters. The molecule has 6 nitrogen and oxygen atoms in total. The number of methoxy groups -OCH3 is 2. The molecule has 0 aliphatic rings.